The van der Waals surface area contributed by atoms with Crippen molar-refractivity contribution in [2.75, 3.05) is 29.9 Å². The van der Waals surface area contributed by atoms with Crippen LogP contribution >= 0.6 is 0 Å². The van der Waals surface area contributed by atoms with Gasteiger partial charge >= 0.3 is 0 Å². The summed E-state index contributed by atoms with van der Waals surface area (Å²) in [4.78, 5) is 14.8. The molecule has 1 saturated heterocycles. The van der Waals surface area contributed by atoms with Gasteiger partial charge in [0.2, 0.25) is 5.91 Å². The number of rotatable bonds is 5. The minimum absolute atomic E-state index is 0.0250. The molecule has 1 heterocycles. The van der Waals surface area contributed by atoms with Crippen LogP contribution < -0.4 is 16.0 Å². The normalized spacial score (nSPS) is 16.9. The summed E-state index contributed by atoms with van der Waals surface area (Å²) in [7, 11) is 0. The third-order valence-electron chi connectivity index (χ3n) is 4.25. The number of nitrogens with one attached hydrogen (secondary N) is 1. The minimum atomic E-state index is -0.139. The van der Waals surface area contributed by atoms with Gasteiger partial charge < -0.3 is 16.0 Å². The number of carbonyl (C=O) groups is 1. The van der Waals surface area contributed by atoms with Crippen LogP contribution in [-0.2, 0) is 4.79 Å². The predicted molar refractivity (Wildman–Crippen MR) is 88.5 cm³/mol. The molecule has 0 spiro atoms. The molecule has 21 heavy (non-hydrogen) atoms. The number of benzene rings is 1. The third-order valence-corrected chi connectivity index (χ3v) is 4.25. The Morgan fingerprint density at radius 1 is 1.24 bits per heavy atom. The van der Waals surface area contributed by atoms with Crippen LogP contribution in [0.5, 0.6) is 0 Å². The molecule has 0 saturated carbocycles. The van der Waals surface area contributed by atoms with Crippen molar-refractivity contribution >= 4 is 17.3 Å². The molecular weight excluding hydrogens is 262 g/mol. The molecule has 1 fully saturated rings. The molecule has 1 atom stereocenters. The van der Waals surface area contributed by atoms with Gasteiger partial charge in [-0.3, -0.25) is 4.79 Å². The molecule has 3 N–H and O–H groups in total. The number of hydrogen-bond acceptors (Lipinski definition) is 3. The molecule has 1 aromatic carbocycles. The highest BCUT2D eigenvalue weighted by Crippen LogP contribution is 2.29. The zero-order valence-corrected chi connectivity index (χ0v) is 13.1. The summed E-state index contributed by atoms with van der Waals surface area (Å²) in [6.07, 6.45) is 3.74. The Labute approximate surface area is 127 Å². The number of hydrogen-bond donors (Lipinski definition) is 2. The van der Waals surface area contributed by atoms with Crippen molar-refractivity contribution in [1.29, 1.82) is 0 Å². The molecule has 1 aromatic rings. The van der Waals surface area contributed by atoms with Crippen molar-refractivity contribution in [1.82, 2.24) is 0 Å². The highest BCUT2D eigenvalue weighted by atomic mass is 16.1. The Kier molecular flexibility index (Phi) is 5.62. The van der Waals surface area contributed by atoms with E-state index in [4.69, 9.17) is 5.73 Å². The van der Waals surface area contributed by atoms with Gasteiger partial charge in [-0.05, 0) is 37.3 Å². The van der Waals surface area contributed by atoms with Crippen LogP contribution in [0.15, 0.2) is 24.3 Å². The van der Waals surface area contributed by atoms with Gasteiger partial charge in [-0.25, -0.2) is 0 Å². The summed E-state index contributed by atoms with van der Waals surface area (Å²) >= 11 is 0. The number of anilines is 2. The van der Waals surface area contributed by atoms with Gasteiger partial charge in [0, 0.05) is 19.6 Å². The first kappa shape index (κ1) is 15.8. The fourth-order valence-corrected chi connectivity index (χ4v) is 2.90. The smallest absolute Gasteiger partial charge is 0.229 e. The maximum Gasteiger partial charge on any atom is 0.229 e. The van der Waals surface area contributed by atoms with E-state index in [1.807, 2.05) is 32.0 Å². The van der Waals surface area contributed by atoms with Crippen LogP contribution in [-0.4, -0.2) is 25.5 Å². The van der Waals surface area contributed by atoms with E-state index in [2.05, 4.69) is 16.3 Å². The van der Waals surface area contributed by atoms with Crippen molar-refractivity contribution < 1.29 is 4.79 Å². The first-order valence-corrected chi connectivity index (χ1v) is 7.98. The topological polar surface area (TPSA) is 58.4 Å². The lowest BCUT2D eigenvalue weighted by atomic mass is 9.95. The van der Waals surface area contributed by atoms with Crippen LogP contribution in [0.2, 0.25) is 0 Å². The van der Waals surface area contributed by atoms with E-state index in [1.165, 1.54) is 19.3 Å². The van der Waals surface area contributed by atoms with Crippen molar-refractivity contribution in [2.24, 2.45) is 17.6 Å². The lowest BCUT2D eigenvalue weighted by molar-refractivity contribution is -0.120. The zero-order valence-electron chi connectivity index (χ0n) is 13.1. The lowest BCUT2D eigenvalue weighted by Gasteiger charge is -2.31. The monoisotopic (exact) mass is 289 g/mol. The average molecular weight is 289 g/mol. The molecule has 0 aliphatic carbocycles. The van der Waals surface area contributed by atoms with Crippen molar-refractivity contribution in [3.8, 4) is 0 Å². The Hall–Kier alpha value is -1.55. The van der Waals surface area contributed by atoms with Crippen LogP contribution in [0.1, 0.15) is 33.1 Å². The highest BCUT2D eigenvalue weighted by molar-refractivity contribution is 5.96. The van der Waals surface area contributed by atoms with E-state index in [0.717, 1.165) is 24.5 Å². The second kappa shape index (κ2) is 7.46. The number of nitrogens with two attached hydrogens (primary N) is 1. The summed E-state index contributed by atoms with van der Waals surface area (Å²) in [6.45, 7) is 6.59. The summed E-state index contributed by atoms with van der Waals surface area (Å²) in [5, 5.41) is 3.08. The fraction of sp³-hybridized carbons (Fsp3) is 0.588. The molecule has 4 heteroatoms. The molecular formula is C17H27N3O. The van der Waals surface area contributed by atoms with E-state index in [9.17, 15) is 4.79 Å². The molecule has 2 rings (SSSR count). The molecule has 0 aromatic heterocycles. The van der Waals surface area contributed by atoms with Crippen molar-refractivity contribution in [3.63, 3.8) is 0 Å². The maximum atomic E-state index is 12.4. The number of piperidine rings is 1. The van der Waals surface area contributed by atoms with Gasteiger partial charge in [0.25, 0.3) is 0 Å². The quantitative estimate of drug-likeness (QED) is 0.876. The second-order valence-corrected chi connectivity index (χ2v) is 6.14. The number of para-hydroxylation sites is 2. The molecule has 1 aliphatic heterocycles. The number of amides is 1. The van der Waals surface area contributed by atoms with Gasteiger partial charge in [-0.1, -0.05) is 26.0 Å². The van der Waals surface area contributed by atoms with Gasteiger partial charge in [-0.2, -0.15) is 0 Å². The van der Waals surface area contributed by atoms with Crippen LogP contribution in [0.3, 0.4) is 0 Å². The first-order chi connectivity index (χ1) is 10.1. The molecule has 1 aliphatic rings. The Morgan fingerprint density at radius 3 is 2.52 bits per heavy atom. The standard InChI is InChI=1S/C17H27N3O/c1-13(2)14(12-18)17(21)19-15-8-4-5-9-16(15)20-10-6-3-7-11-20/h4-5,8-9,13-14H,3,6-7,10-12,18H2,1-2H3,(H,19,21). The summed E-state index contributed by atoms with van der Waals surface area (Å²) in [5.41, 5.74) is 7.77. The van der Waals surface area contributed by atoms with Gasteiger partial charge in [-0.15, -0.1) is 0 Å². The van der Waals surface area contributed by atoms with Gasteiger partial charge in [0.05, 0.1) is 17.3 Å². The Balaban J connectivity index is 2.14. The molecule has 116 valence electrons. The number of nitrogens with zero attached hydrogens (tertiary/aromatic N) is 1. The van der Waals surface area contributed by atoms with Crippen molar-refractivity contribution in [3.05, 3.63) is 24.3 Å². The highest BCUT2D eigenvalue weighted by Gasteiger charge is 2.22. The largest absolute Gasteiger partial charge is 0.370 e. The minimum Gasteiger partial charge on any atom is -0.370 e. The molecule has 4 nitrogen and oxygen atoms in total. The third kappa shape index (κ3) is 3.97. The van der Waals surface area contributed by atoms with E-state index in [1.54, 1.807) is 0 Å². The van der Waals surface area contributed by atoms with E-state index >= 15 is 0 Å². The van der Waals surface area contributed by atoms with Gasteiger partial charge in [0.15, 0.2) is 0 Å². The van der Waals surface area contributed by atoms with Crippen LogP contribution in [0.25, 0.3) is 0 Å². The molecule has 1 amide bonds. The van der Waals surface area contributed by atoms with E-state index in [-0.39, 0.29) is 17.7 Å². The van der Waals surface area contributed by atoms with Gasteiger partial charge in [0.1, 0.15) is 0 Å². The summed E-state index contributed by atoms with van der Waals surface area (Å²) < 4.78 is 0. The van der Waals surface area contributed by atoms with Crippen LogP contribution in [0.4, 0.5) is 11.4 Å². The van der Waals surface area contributed by atoms with E-state index < -0.39 is 0 Å². The Bertz CT molecular complexity index is 467. The fourth-order valence-electron chi connectivity index (χ4n) is 2.90. The first-order valence-electron chi connectivity index (χ1n) is 7.98. The van der Waals surface area contributed by atoms with Crippen molar-refractivity contribution in [2.45, 2.75) is 33.1 Å². The summed E-state index contributed by atoms with van der Waals surface area (Å²) in [6, 6.07) is 8.07. The second-order valence-electron chi connectivity index (χ2n) is 6.14. The predicted octanol–water partition coefficient (Wildman–Crippen LogP) is 2.85. The van der Waals surface area contributed by atoms with E-state index in [0.29, 0.717) is 6.54 Å². The Morgan fingerprint density at radius 2 is 1.90 bits per heavy atom. The lowest BCUT2D eigenvalue weighted by Crippen LogP contribution is -2.34. The molecule has 0 bridgehead atoms. The van der Waals surface area contributed by atoms with Crippen LogP contribution in [0, 0.1) is 11.8 Å². The maximum absolute atomic E-state index is 12.4. The molecule has 0 radical (unpaired) electrons. The number of carbonyl (C=O) groups excluding carboxylic acids is 1. The average Bonchev–Trinajstić information content (AvgIpc) is 2.49. The summed E-state index contributed by atoms with van der Waals surface area (Å²) in [5.74, 6) is 0.133. The SMILES string of the molecule is CC(C)C(CN)C(=O)Nc1ccccc1N1CCCCC1. The zero-order chi connectivity index (χ0) is 15.2. The molecule has 1 unspecified atom stereocenters.